The minimum atomic E-state index is -3.62. The van der Waals surface area contributed by atoms with Gasteiger partial charge in [-0.2, -0.15) is 26.3 Å². The molecule has 2 saturated heterocycles. The zero-order chi connectivity index (χ0) is 14.2. The second kappa shape index (κ2) is 4.48. The van der Waals surface area contributed by atoms with Crippen LogP contribution in [0.2, 0.25) is 0 Å². The standard InChI is InChI=1S/2C4H4F4O/c5-3(6)1-4(7,8)9-2-3;5-3(6)1-2-4(7,8)9-3/h2*1-2H2. The molecule has 2 rings (SSSR count). The molecule has 0 saturated carbocycles. The molecular formula is C8H8F8O2. The van der Waals surface area contributed by atoms with Gasteiger partial charge in [0.15, 0.2) is 0 Å². The smallest absolute Gasteiger partial charge is 0.314 e. The summed E-state index contributed by atoms with van der Waals surface area (Å²) in [5, 5.41) is 0. The summed E-state index contributed by atoms with van der Waals surface area (Å²) in [5.41, 5.74) is 0. The molecule has 0 radical (unpaired) electrons. The highest BCUT2D eigenvalue weighted by molar-refractivity contribution is 4.78. The highest BCUT2D eigenvalue weighted by Crippen LogP contribution is 2.41. The SMILES string of the molecule is FC1(F)CCC(F)(F)O1.FC1(F)COC(F)(F)C1. The number of ether oxygens (including phenoxy) is 2. The molecule has 0 amide bonds. The number of alkyl halides is 8. The summed E-state index contributed by atoms with van der Waals surface area (Å²) < 4.78 is 101. The zero-order valence-corrected chi connectivity index (χ0v) is 8.67. The van der Waals surface area contributed by atoms with Crippen molar-refractivity contribution < 1.29 is 44.6 Å². The Morgan fingerprint density at radius 2 is 1.11 bits per heavy atom. The predicted octanol–water partition coefficient (Wildman–Crippen LogP) is 3.62. The first-order chi connectivity index (χ1) is 7.83. The van der Waals surface area contributed by atoms with Crippen LogP contribution in [0.3, 0.4) is 0 Å². The molecule has 18 heavy (non-hydrogen) atoms. The number of hydrogen-bond donors (Lipinski definition) is 0. The Bertz CT molecular complexity index is 245. The normalized spacial score (nSPS) is 30.7. The molecule has 0 aromatic heterocycles. The van der Waals surface area contributed by atoms with Gasteiger partial charge >= 0.3 is 18.3 Å². The summed E-state index contributed by atoms with van der Waals surface area (Å²) in [6, 6.07) is 0. The van der Waals surface area contributed by atoms with Crippen molar-refractivity contribution in [3.05, 3.63) is 0 Å². The molecule has 0 bridgehead atoms. The lowest BCUT2D eigenvalue weighted by molar-refractivity contribution is -0.329. The molecule has 0 spiro atoms. The van der Waals surface area contributed by atoms with Gasteiger partial charge in [-0.1, -0.05) is 0 Å². The molecule has 10 heteroatoms. The fourth-order valence-corrected chi connectivity index (χ4v) is 1.23. The van der Waals surface area contributed by atoms with Crippen LogP contribution < -0.4 is 0 Å². The van der Waals surface area contributed by atoms with Crippen molar-refractivity contribution in [1.82, 2.24) is 0 Å². The Morgan fingerprint density at radius 3 is 1.22 bits per heavy atom. The highest BCUT2D eigenvalue weighted by atomic mass is 19.3. The number of halogens is 8. The van der Waals surface area contributed by atoms with Crippen LogP contribution in [-0.2, 0) is 9.47 Å². The van der Waals surface area contributed by atoms with Gasteiger partial charge in [-0.15, -0.1) is 0 Å². The van der Waals surface area contributed by atoms with Crippen LogP contribution in [-0.4, -0.2) is 30.9 Å². The van der Waals surface area contributed by atoms with Crippen LogP contribution in [0, 0.1) is 0 Å². The topological polar surface area (TPSA) is 18.5 Å². The molecule has 108 valence electrons. The number of hydrogen-bond acceptors (Lipinski definition) is 2. The maximum atomic E-state index is 11.8. The quantitative estimate of drug-likeness (QED) is 0.634. The Kier molecular flexibility index (Phi) is 3.84. The van der Waals surface area contributed by atoms with Gasteiger partial charge in [0.25, 0.3) is 5.92 Å². The maximum Gasteiger partial charge on any atom is 0.361 e. The molecule has 2 nitrogen and oxygen atoms in total. The molecule has 2 aliphatic heterocycles. The largest absolute Gasteiger partial charge is 0.361 e. The molecule has 2 heterocycles. The van der Waals surface area contributed by atoms with E-state index in [1.165, 1.54) is 0 Å². The Morgan fingerprint density at radius 1 is 0.667 bits per heavy atom. The van der Waals surface area contributed by atoms with Crippen LogP contribution in [0.15, 0.2) is 0 Å². The Balaban J connectivity index is 0.000000180. The van der Waals surface area contributed by atoms with Crippen molar-refractivity contribution in [3.63, 3.8) is 0 Å². The Hall–Kier alpha value is -0.640. The fourth-order valence-electron chi connectivity index (χ4n) is 1.23. The summed E-state index contributed by atoms with van der Waals surface area (Å²) in [6.45, 7) is -1.17. The predicted molar refractivity (Wildman–Crippen MR) is 40.7 cm³/mol. The molecule has 2 aliphatic rings. The van der Waals surface area contributed by atoms with E-state index in [0.29, 0.717) is 0 Å². The van der Waals surface area contributed by atoms with Crippen molar-refractivity contribution in [2.75, 3.05) is 6.61 Å². The third kappa shape index (κ3) is 4.92. The van der Waals surface area contributed by atoms with Gasteiger partial charge in [0.1, 0.15) is 13.0 Å². The first kappa shape index (κ1) is 15.4. The summed E-state index contributed by atoms with van der Waals surface area (Å²) >= 11 is 0. The summed E-state index contributed by atoms with van der Waals surface area (Å²) in [4.78, 5) is 0. The van der Waals surface area contributed by atoms with E-state index in [1.807, 2.05) is 0 Å². The van der Waals surface area contributed by atoms with Crippen LogP contribution in [0.25, 0.3) is 0 Å². The average Bonchev–Trinajstić information content (AvgIpc) is 2.48. The summed E-state index contributed by atoms with van der Waals surface area (Å²) in [7, 11) is 0. The van der Waals surface area contributed by atoms with Gasteiger partial charge in [-0.05, 0) is 0 Å². The zero-order valence-electron chi connectivity index (χ0n) is 8.67. The second-order valence-electron chi connectivity index (χ2n) is 3.84. The minimum absolute atomic E-state index is 0.889. The molecule has 2 fully saturated rings. The van der Waals surface area contributed by atoms with E-state index in [4.69, 9.17) is 0 Å². The van der Waals surface area contributed by atoms with Gasteiger partial charge in [0, 0.05) is 12.8 Å². The third-order valence-corrected chi connectivity index (χ3v) is 1.96. The molecule has 0 aromatic carbocycles. The van der Waals surface area contributed by atoms with E-state index in [2.05, 4.69) is 9.47 Å². The summed E-state index contributed by atoms with van der Waals surface area (Å²) in [5.74, 6) is -3.34. The Labute approximate surface area is 95.8 Å². The van der Waals surface area contributed by atoms with Crippen molar-refractivity contribution in [1.29, 1.82) is 0 Å². The average molecular weight is 288 g/mol. The lowest BCUT2D eigenvalue weighted by Gasteiger charge is -2.09. The van der Waals surface area contributed by atoms with E-state index in [1.54, 1.807) is 0 Å². The fraction of sp³-hybridized carbons (Fsp3) is 1.00. The monoisotopic (exact) mass is 288 g/mol. The van der Waals surface area contributed by atoms with E-state index in [9.17, 15) is 35.1 Å². The first-order valence-electron chi connectivity index (χ1n) is 4.68. The lowest BCUT2D eigenvalue weighted by atomic mass is 10.3. The van der Waals surface area contributed by atoms with Crippen molar-refractivity contribution in [2.24, 2.45) is 0 Å². The van der Waals surface area contributed by atoms with Crippen LogP contribution in [0.5, 0.6) is 0 Å². The minimum Gasteiger partial charge on any atom is -0.314 e. The van der Waals surface area contributed by atoms with Crippen LogP contribution in [0.4, 0.5) is 35.1 Å². The third-order valence-electron chi connectivity index (χ3n) is 1.96. The van der Waals surface area contributed by atoms with E-state index < -0.39 is 50.1 Å². The molecule has 0 N–H and O–H groups in total. The van der Waals surface area contributed by atoms with Crippen molar-refractivity contribution in [2.45, 2.75) is 43.5 Å². The van der Waals surface area contributed by atoms with Crippen molar-refractivity contribution >= 4 is 0 Å². The maximum absolute atomic E-state index is 11.8. The van der Waals surface area contributed by atoms with E-state index in [0.717, 1.165) is 0 Å². The highest BCUT2D eigenvalue weighted by Gasteiger charge is 2.53. The molecule has 0 aromatic rings. The van der Waals surface area contributed by atoms with Gasteiger partial charge in [0.2, 0.25) is 0 Å². The van der Waals surface area contributed by atoms with E-state index in [-0.39, 0.29) is 0 Å². The van der Waals surface area contributed by atoms with Gasteiger partial charge in [-0.3, -0.25) is 4.74 Å². The van der Waals surface area contributed by atoms with Gasteiger partial charge < -0.3 is 4.74 Å². The number of rotatable bonds is 0. The van der Waals surface area contributed by atoms with Crippen LogP contribution >= 0.6 is 0 Å². The second-order valence-corrected chi connectivity index (χ2v) is 3.84. The van der Waals surface area contributed by atoms with Gasteiger partial charge in [-0.25, -0.2) is 8.78 Å². The van der Waals surface area contributed by atoms with Crippen LogP contribution in [0.1, 0.15) is 19.3 Å². The molecule has 0 aliphatic carbocycles. The first-order valence-corrected chi connectivity index (χ1v) is 4.68. The molecule has 0 atom stereocenters. The summed E-state index contributed by atoms with van der Waals surface area (Å²) in [6.07, 6.45) is -14.1. The van der Waals surface area contributed by atoms with E-state index >= 15 is 0 Å². The molecule has 0 unspecified atom stereocenters. The van der Waals surface area contributed by atoms with Crippen molar-refractivity contribution in [3.8, 4) is 0 Å². The van der Waals surface area contributed by atoms with Gasteiger partial charge in [0.05, 0.1) is 0 Å². The lowest BCUT2D eigenvalue weighted by Crippen LogP contribution is -2.20. The molecular weight excluding hydrogens is 280 g/mol.